The zero-order valence-corrected chi connectivity index (χ0v) is 11.4. The monoisotopic (exact) mass is 290 g/mol. The van der Waals surface area contributed by atoms with Crippen LogP contribution in [0.5, 0.6) is 0 Å². The van der Waals surface area contributed by atoms with Gasteiger partial charge in [-0.1, -0.05) is 18.2 Å². The number of benzene rings is 1. The Morgan fingerprint density at radius 3 is 2.47 bits per heavy atom. The van der Waals surface area contributed by atoms with Crippen LogP contribution < -0.4 is 5.73 Å². The molecule has 6 heteroatoms. The summed E-state index contributed by atoms with van der Waals surface area (Å²) < 4.78 is 25.2. The van der Waals surface area contributed by atoms with Crippen molar-refractivity contribution in [3.63, 3.8) is 0 Å². The molecule has 4 nitrogen and oxygen atoms in total. The zero-order chi connectivity index (χ0) is 13.5. The third-order valence-electron chi connectivity index (χ3n) is 2.77. The molecule has 0 aliphatic rings. The maximum absolute atomic E-state index is 12.5. The first-order chi connectivity index (χ1) is 9.10. The Kier molecular flexibility index (Phi) is 2.76. The van der Waals surface area contributed by atoms with E-state index in [1.807, 2.05) is 0 Å². The highest BCUT2D eigenvalue weighted by Gasteiger charge is 2.24. The van der Waals surface area contributed by atoms with Gasteiger partial charge >= 0.3 is 0 Å². The van der Waals surface area contributed by atoms with Crippen LogP contribution in [-0.4, -0.2) is 13.4 Å². The number of nitrogens with zero attached hydrogens (tertiary/aromatic N) is 1. The van der Waals surface area contributed by atoms with Crippen molar-refractivity contribution in [3.8, 4) is 0 Å². The number of pyridine rings is 1. The van der Waals surface area contributed by atoms with E-state index < -0.39 is 9.84 Å². The standard InChI is InChI=1S/C13H10N2O2S2/c14-11-10-7-4-8-15-12(10)18-13(11)19(16,17)9-5-2-1-3-6-9/h1-8H,14H2. The molecule has 0 aliphatic carbocycles. The third kappa shape index (κ3) is 1.89. The number of aromatic nitrogens is 1. The number of nitrogen functional groups attached to an aromatic ring is 1. The fourth-order valence-corrected chi connectivity index (χ4v) is 4.73. The molecule has 2 heterocycles. The Morgan fingerprint density at radius 2 is 1.79 bits per heavy atom. The Hall–Kier alpha value is -1.92. The summed E-state index contributed by atoms with van der Waals surface area (Å²) in [7, 11) is -3.58. The summed E-state index contributed by atoms with van der Waals surface area (Å²) >= 11 is 1.10. The zero-order valence-electron chi connectivity index (χ0n) is 9.78. The summed E-state index contributed by atoms with van der Waals surface area (Å²) in [6.07, 6.45) is 1.62. The van der Waals surface area contributed by atoms with Crippen LogP contribution in [0.2, 0.25) is 0 Å². The lowest BCUT2D eigenvalue weighted by atomic mass is 10.3. The molecule has 0 unspecified atom stereocenters. The SMILES string of the molecule is Nc1c(S(=O)(=O)c2ccccc2)sc2ncccc12. The Labute approximate surface area is 114 Å². The topological polar surface area (TPSA) is 73.1 Å². The molecule has 0 fully saturated rings. The highest BCUT2D eigenvalue weighted by Crippen LogP contribution is 2.38. The molecular formula is C13H10N2O2S2. The molecule has 0 atom stereocenters. The van der Waals surface area contributed by atoms with Gasteiger partial charge in [0.15, 0.2) is 0 Å². The fraction of sp³-hybridized carbons (Fsp3) is 0. The summed E-state index contributed by atoms with van der Waals surface area (Å²) in [5, 5.41) is 0.682. The summed E-state index contributed by atoms with van der Waals surface area (Å²) in [5.74, 6) is 0. The highest BCUT2D eigenvalue weighted by molar-refractivity contribution is 7.93. The van der Waals surface area contributed by atoms with E-state index in [-0.39, 0.29) is 14.8 Å². The maximum atomic E-state index is 12.5. The normalized spacial score (nSPS) is 11.8. The maximum Gasteiger partial charge on any atom is 0.218 e. The molecule has 0 saturated heterocycles. The van der Waals surface area contributed by atoms with Crippen LogP contribution in [0.1, 0.15) is 0 Å². The minimum atomic E-state index is -3.58. The lowest BCUT2D eigenvalue weighted by Gasteiger charge is -2.02. The van der Waals surface area contributed by atoms with E-state index in [4.69, 9.17) is 5.73 Å². The third-order valence-corrected chi connectivity index (χ3v) is 6.20. The molecule has 0 bridgehead atoms. The number of thiophene rings is 1. The lowest BCUT2D eigenvalue weighted by Crippen LogP contribution is -2.02. The average molecular weight is 290 g/mol. The average Bonchev–Trinajstić information content (AvgIpc) is 2.78. The number of anilines is 1. The minimum absolute atomic E-state index is 0.160. The first kappa shape index (κ1) is 12.1. The van der Waals surface area contributed by atoms with Crippen molar-refractivity contribution in [2.45, 2.75) is 9.10 Å². The summed E-state index contributed by atoms with van der Waals surface area (Å²) in [5.41, 5.74) is 6.23. The van der Waals surface area contributed by atoms with Crippen LogP contribution in [-0.2, 0) is 9.84 Å². The van der Waals surface area contributed by atoms with E-state index in [1.165, 1.54) is 0 Å². The second-order valence-electron chi connectivity index (χ2n) is 3.98. The van der Waals surface area contributed by atoms with Crippen LogP contribution in [0.3, 0.4) is 0 Å². The molecule has 0 amide bonds. The number of sulfone groups is 1. The molecule has 2 aromatic heterocycles. The van der Waals surface area contributed by atoms with Crippen molar-refractivity contribution in [1.82, 2.24) is 4.98 Å². The molecule has 0 radical (unpaired) electrons. The van der Waals surface area contributed by atoms with E-state index in [0.717, 1.165) is 11.3 Å². The number of nitrogens with two attached hydrogens (primary N) is 1. The van der Waals surface area contributed by atoms with E-state index in [9.17, 15) is 8.42 Å². The molecule has 0 saturated carbocycles. The van der Waals surface area contributed by atoms with Crippen molar-refractivity contribution in [2.75, 3.05) is 5.73 Å². The number of rotatable bonds is 2. The van der Waals surface area contributed by atoms with E-state index in [0.29, 0.717) is 10.2 Å². The molecule has 0 spiro atoms. The fourth-order valence-electron chi connectivity index (χ4n) is 1.84. The first-order valence-corrected chi connectivity index (χ1v) is 7.84. The van der Waals surface area contributed by atoms with Crippen LogP contribution in [0.25, 0.3) is 10.2 Å². The van der Waals surface area contributed by atoms with Gasteiger partial charge in [0.05, 0.1) is 10.6 Å². The molecule has 0 aliphatic heterocycles. The van der Waals surface area contributed by atoms with Gasteiger partial charge in [0.1, 0.15) is 9.04 Å². The van der Waals surface area contributed by atoms with Crippen LogP contribution in [0.15, 0.2) is 57.8 Å². The van der Waals surface area contributed by atoms with E-state index in [1.54, 1.807) is 48.7 Å². The molecule has 2 N–H and O–H groups in total. The lowest BCUT2D eigenvalue weighted by molar-refractivity contribution is 0.598. The van der Waals surface area contributed by atoms with Crippen molar-refractivity contribution < 1.29 is 8.42 Å². The van der Waals surface area contributed by atoms with Gasteiger partial charge < -0.3 is 5.73 Å². The van der Waals surface area contributed by atoms with Gasteiger partial charge in [-0.25, -0.2) is 13.4 Å². The summed E-state index contributed by atoms with van der Waals surface area (Å²) in [4.78, 5) is 5.02. The van der Waals surface area contributed by atoms with Gasteiger partial charge in [0.25, 0.3) is 0 Å². The Morgan fingerprint density at radius 1 is 1.05 bits per heavy atom. The van der Waals surface area contributed by atoms with E-state index >= 15 is 0 Å². The van der Waals surface area contributed by atoms with Crippen molar-refractivity contribution in [1.29, 1.82) is 0 Å². The number of fused-ring (bicyclic) bond motifs is 1. The molecule has 1 aromatic carbocycles. The van der Waals surface area contributed by atoms with Gasteiger partial charge in [-0.05, 0) is 24.3 Å². The number of hydrogen-bond acceptors (Lipinski definition) is 5. The van der Waals surface area contributed by atoms with Crippen LogP contribution in [0.4, 0.5) is 5.69 Å². The van der Waals surface area contributed by atoms with Crippen LogP contribution in [0, 0.1) is 0 Å². The van der Waals surface area contributed by atoms with Gasteiger partial charge in [-0.15, -0.1) is 11.3 Å². The largest absolute Gasteiger partial charge is 0.396 e. The highest BCUT2D eigenvalue weighted by atomic mass is 32.2. The molecule has 3 aromatic rings. The Bertz CT molecular complexity index is 839. The second-order valence-corrected chi connectivity index (χ2v) is 7.12. The first-order valence-electron chi connectivity index (χ1n) is 5.54. The van der Waals surface area contributed by atoms with Crippen molar-refractivity contribution in [2.24, 2.45) is 0 Å². The quantitative estimate of drug-likeness (QED) is 0.787. The van der Waals surface area contributed by atoms with Gasteiger partial charge in [0.2, 0.25) is 9.84 Å². The van der Waals surface area contributed by atoms with Gasteiger partial charge in [0, 0.05) is 11.6 Å². The molecule has 96 valence electrons. The predicted molar refractivity (Wildman–Crippen MR) is 75.9 cm³/mol. The second kappa shape index (κ2) is 4.32. The number of hydrogen-bond donors (Lipinski definition) is 1. The summed E-state index contributed by atoms with van der Waals surface area (Å²) in [6, 6.07) is 11.8. The van der Waals surface area contributed by atoms with Crippen molar-refractivity contribution >= 4 is 37.1 Å². The predicted octanol–water partition coefficient (Wildman–Crippen LogP) is 2.71. The minimum Gasteiger partial charge on any atom is -0.396 e. The summed E-state index contributed by atoms with van der Waals surface area (Å²) in [6.45, 7) is 0. The smallest absolute Gasteiger partial charge is 0.218 e. The van der Waals surface area contributed by atoms with Crippen molar-refractivity contribution in [3.05, 3.63) is 48.7 Å². The molecule has 19 heavy (non-hydrogen) atoms. The molecular weight excluding hydrogens is 280 g/mol. The van der Waals surface area contributed by atoms with Gasteiger partial charge in [-0.3, -0.25) is 0 Å². The van der Waals surface area contributed by atoms with Gasteiger partial charge in [-0.2, -0.15) is 0 Å². The molecule has 3 rings (SSSR count). The van der Waals surface area contributed by atoms with Crippen LogP contribution >= 0.6 is 11.3 Å². The van der Waals surface area contributed by atoms with E-state index in [2.05, 4.69) is 4.98 Å². The Balaban J connectivity index is 2.28.